The summed E-state index contributed by atoms with van der Waals surface area (Å²) in [6.07, 6.45) is 9.25. The Balaban J connectivity index is 2.32. The molecule has 1 atom stereocenters. The van der Waals surface area contributed by atoms with E-state index < -0.39 is 0 Å². The molecule has 0 radical (unpaired) electrons. The average Bonchev–Trinajstić information content (AvgIpc) is 2.69. The lowest BCUT2D eigenvalue weighted by atomic mass is 9.80. The van der Waals surface area contributed by atoms with Crippen molar-refractivity contribution in [3.8, 4) is 0 Å². The van der Waals surface area contributed by atoms with Gasteiger partial charge in [0, 0.05) is 6.54 Å². The molecule has 1 fully saturated rings. The summed E-state index contributed by atoms with van der Waals surface area (Å²) < 4.78 is 0. The third kappa shape index (κ3) is 4.69. The normalized spacial score (nSPS) is 21.2. The van der Waals surface area contributed by atoms with Gasteiger partial charge in [0.2, 0.25) is 0 Å². The van der Waals surface area contributed by atoms with Crippen molar-refractivity contribution < 1.29 is 0 Å². The van der Waals surface area contributed by atoms with Crippen LogP contribution in [0.2, 0.25) is 0 Å². The monoisotopic (exact) mass is 223 g/mol. The Morgan fingerprint density at radius 3 is 2.50 bits per heavy atom. The van der Waals surface area contributed by atoms with Crippen molar-refractivity contribution in [1.29, 1.82) is 0 Å². The van der Waals surface area contributed by atoms with Gasteiger partial charge in [-0.2, -0.15) is 0 Å². The van der Waals surface area contributed by atoms with E-state index in [4.69, 9.17) is 0 Å². The zero-order valence-electron chi connectivity index (χ0n) is 11.4. The molecular weight excluding hydrogens is 194 g/mol. The van der Waals surface area contributed by atoms with Gasteiger partial charge in [-0.25, -0.2) is 0 Å². The Morgan fingerprint density at radius 2 is 2.00 bits per heavy atom. The fourth-order valence-corrected chi connectivity index (χ4v) is 2.75. The minimum atomic E-state index is 0.296. The largest absolute Gasteiger partial charge is 0.316 e. The molecule has 94 valence electrons. The molecule has 1 aliphatic carbocycles. The van der Waals surface area contributed by atoms with Crippen molar-refractivity contribution >= 4 is 0 Å². The smallest absolute Gasteiger partial charge is 0.00400 e. The number of nitrogens with one attached hydrogen (secondary N) is 1. The first kappa shape index (κ1) is 13.8. The minimum Gasteiger partial charge on any atom is -0.316 e. The van der Waals surface area contributed by atoms with Crippen molar-refractivity contribution in [1.82, 2.24) is 5.32 Å². The third-order valence-electron chi connectivity index (χ3n) is 3.80. The molecule has 0 saturated heterocycles. The van der Waals surface area contributed by atoms with Crippen molar-refractivity contribution in [2.75, 3.05) is 13.1 Å². The van der Waals surface area contributed by atoms with Gasteiger partial charge in [-0.3, -0.25) is 0 Å². The molecule has 1 rings (SSSR count). The first-order valence-electron chi connectivity index (χ1n) is 6.90. The number of rotatable bonds is 7. The average molecular weight is 223 g/mol. The van der Waals surface area contributed by atoms with E-state index in [9.17, 15) is 0 Å². The molecule has 1 unspecified atom stereocenters. The first-order valence-corrected chi connectivity index (χ1v) is 6.90. The highest BCUT2D eigenvalue weighted by Gasteiger charge is 2.26. The molecule has 0 aromatic carbocycles. The highest BCUT2D eigenvalue weighted by atomic mass is 14.9. The molecule has 1 heteroatoms. The zero-order chi connectivity index (χ0) is 12.0. The molecule has 0 aliphatic heterocycles. The summed E-state index contributed by atoms with van der Waals surface area (Å²) in [4.78, 5) is 0. The van der Waals surface area contributed by atoms with Crippen molar-refractivity contribution in [2.24, 2.45) is 17.3 Å². The molecule has 1 N–H and O–H groups in total. The van der Waals surface area contributed by atoms with E-state index in [2.05, 4.69) is 38.7 Å². The summed E-state index contributed by atoms with van der Waals surface area (Å²) in [7, 11) is 0. The molecule has 16 heavy (non-hydrogen) atoms. The van der Waals surface area contributed by atoms with E-state index in [0.29, 0.717) is 5.41 Å². The van der Waals surface area contributed by atoms with Crippen LogP contribution >= 0.6 is 0 Å². The maximum absolute atomic E-state index is 4.03. The van der Waals surface area contributed by atoms with E-state index in [1.807, 2.05) is 0 Å². The Morgan fingerprint density at radius 1 is 1.38 bits per heavy atom. The Labute approximate surface area is 102 Å². The number of hydrogen-bond donors (Lipinski definition) is 1. The van der Waals surface area contributed by atoms with E-state index >= 15 is 0 Å². The molecule has 0 aromatic rings. The lowest BCUT2D eigenvalue weighted by Crippen LogP contribution is -2.33. The molecule has 1 saturated carbocycles. The second-order valence-electron chi connectivity index (χ2n) is 6.24. The van der Waals surface area contributed by atoms with Gasteiger partial charge in [-0.05, 0) is 30.2 Å². The molecule has 0 amide bonds. The second kappa shape index (κ2) is 6.44. The van der Waals surface area contributed by atoms with E-state index in [1.54, 1.807) is 0 Å². The van der Waals surface area contributed by atoms with Crippen LogP contribution in [0.4, 0.5) is 0 Å². The summed E-state index contributed by atoms with van der Waals surface area (Å²) in [6, 6.07) is 0. The van der Waals surface area contributed by atoms with Gasteiger partial charge in [0.1, 0.15) is 0 Å². The molecule has 0 heterocycles. The van der Waals surface area contributed by atoms with Crippen LogP contribution in [-0.4, -0.2) is 13.1 Å². The van der Waals surface area contributed by atoms with Gasteiger partial charge >= 0.3 is 0 Å². The minimum absolute atomic E-state index is 0.296. The van der Waals surface area contributed by atoms with Gasteiger partial charge < -0.3 is 5.32 Å². The maximum atomic E-state index is 4.03. The van der Waals surface area contributed by atoms with Crippen LogP contribution in [0.15, 0.2) is 12.7 Å². The summed E-state index contributed by atoms with van der Waals surface area (Å²) in [5, 5.41) is 3.58. The summed E-state index contributed by atoms with van der Waals surface area (Å²) in [6.45, 7) is 13.1. The SMILES string of the molecule is C=CC(C)(CNCC(C)C)CC1CCCC1. The van der Waals surface area contributed by atoms with Crippen LogP contribution in [0.5, 0.6) is 0 Å². The molecule has 0 aromatic heterocycles. The second-order valence-corrected chi connectivity index (χ2v) is 6.24. The van der Waals surface area contributed by atoms with Crippen LogP contribution < -0.4 is 5.32 Å². The van der Waals surface area contributed by atoms with Crippen molar-refractivity contribution in [2.45, 2.75) is 52.9 Å². The Hall–Kier alpha value is -0.300. The lowest BCUT2D eigenvalue weighted by Gasteiger charge is -2.29. The van der Waals surface area contributed by atoms with Crippen LogP contribution in [0, 0.1) is 17.3 Å². The highest BCUT2D eigenvalue weighted by molar-refractivity contribution is 4.95. The first-order chi connectivity index (χ1) is 7.56. The summed E-state index contributed by atoms with van der Waals surface area (Å²) in [5.74, 6) is 1.68. The fraction of sp³-hybridized carbons (Fsp3) is 0.867. The Bertz CT molecular complexity index is 203. The van der Waals surface area contributed by atoms with Gasteiger partial charge in [0.15, 0.2) is 0 Å². The van der Waals surface area contributed by atoms with Crippen LogP contribution in [-0.2, 0) is 0 Å². The van der Waals surface area contributed by atoms with Gasteiger partial charge in [0.25, 0.3) is 0 Å². The van der Waals surface area contributed by atoms with Gasteiger partial charge in [0.05, 0.1) is 0 Å². The van der Waals surface area contributed by atoms with E-state index in [1.165, 1.54) is 32.1 Å². The molecule has 0 spiro atoms. The predicted octanol–water partition coefficient (Wildman–Crippen LogP) is 4.00. The highest BCUT2D eigenvalue weighted by Crippen LogP contribution is 2.36. The van der Waals surface area contributed by atoms with Gasteiger partial charge in [-0.1, -0.05) is 52.5 Å². The van der Waals surface area contributed by atoms with E-state index in [-0.39, 0.29) is 0 Å². The van der Waals surface area contributed by atoms with Crippen molar-refractivity contribution in [3.63, 3.8) is 0 Å². The summed E-state index contributed by atoms with van der Waals surface area (Å²) in [5.41, 5.74) is 0.296. The molecular formula is C15H29N. The third-order valence-corrected chi connectivity index (χ3v) is 3.80. The van der Waals surface area contributed by atoms with E-state index in [0.717, 1.165) is 24.9 Å². The lowest BCUT2D eigenvalue weighted by molar-refractivity contribution is 0.291. The quantitative estimate of drug-likeness (QED) is 0.643. The summed E-state index contributed by atoms with van der Waals surface area (Å²) >= 11 is 0. The van der Waals surface area contributed by atoms with Crippen LogP contribution in [0.1, 0.15) is 52.9 Å². The fourth-order valence-electron chi connectivity index (χ4n) is 2.75. The Kier molecular flexibility index (Phi) is 5.54. The maximum Gasteiger partial charge on any atom is 0.00400 e. The standard InChI is InChI=1S/C15H29N/c1-5-15(4,12-16-11-13(2)3)10-14-8-6-7-9-14/h5,13-14,16H,1,6-12H2,2-4H3. The molecule has 1 nitrogen and oxygen atoms in total. The van der Waals surface area contributed by atoms with Gasteiger partial charge in [-0.15, -0.1) is 6.58 Å². The molecule has 1 aliphatic rings. The number of hydrogen-bond acceptors (Lipinski definition) is 1. The van der Waals surface area contributed by atoms with Crippen molar-refractivity contribution in [3.05, 3.63) is 12.7 Å². The van der Waals surface area contributed by atoms with Crippen LogP contribution in [0.25, 0.3) is 0 Å². The van der Waals surface area contributed by atoms with Crippen LogP contribution in [0.3, 0.4) is 0 Å². The zero-order valence-corrected chi connectivity index (χ0v) is 11.4. The molecule has 0 bridgehead atoms. The predicted molar refractivity (Wildman–Crippen MR) is 72.6 cm³/mol. The topological polar surface area (TPSA) is 12.0 Å².